The van der Waals surface area contributed by atoms with Gasteiger partial charge in [-0.05, 0) is 57.1 Å². The third-order valence-corrected chi connectivity index (χ3v) is 11.8. The first-order valence-corrected chi connectivity index (χ1v) is 18.9. The minimum absolute atomic E-state index is 0.0367. The lowest BCUT2D eigenvalue weighted by atomic mass is 9.67. The Kier molecular flexibility index (Phi) is 7.06. The van der Waals surface area contributed by atoms with Gasteiger partial charge in [0.1, 0.15) is 5.69 Å². The van der Waals surface area contributed by atoms with E-state index in [2.05, 4.69) is 211 Å². The van der Waals surface area contributed by atoms with Crippen LogP contribution in [0.1, 0.15) is 45.7 Å². The van der Waals surface area contributed by atoms with Crippen LogP contribution in [-0.4, -0.2) is 4.57 Å². The van der Waals surface area contributed by atoms with Crippen LogP contribution in [0.3, 0.4) is 0 Å². The Morgan fingerprint density at radius 2 is 0.981 bits per heavy atom. The molecule has 11 rings (SSSR count). The van der Waals surface area contributed by atoms with Gasteiger partial charge in [0.2, 0.25) is 0 Å². The average molecular weight is 692 g/mol. The van der Waals surface area contributed by atoms with Crippen molar-refractivity contribution in [3.8, 4) is 16.8 Å². The highest BCUT2D eigenvalue weighted by atomic mass is 15.5. The first kappa shape index (κ1) is 31.0. The summed E-state index contributed by atoms with van der Waals surface area (Å²) >= 11 is 0. The maximum absolute atomic E-state index is 5.26. The summed E-state index contributed by atoms with van der Waals surface area (Å²) < 4.78 is 2.53. The second-order valence-corrected chi connectivity index (χ2v) is 14.5. The van der Waals surface area contributed by atoms with Gasteiger partial charge in [-0.1, -0.05) is 176 Å². The normalized spacial score (nSPS) is 18.3. The Bertz CT molecular complexity index is 2700. The maximum atomic E-state index is 5.26. The fourth-order valence-electron chi connectivity index (χ4n) is 9.55. The molecule has 3 nitrogen and oxygen atoms in total. The van der Waals surface area contributed by atoms with Crippen LogP contribution in [0.4, 0.5) is 5.69 Å². The lowest BCUT2D eigenvalue weighted by molar-refractivity contribution is -0.927. The van der Waals surface area contributed by atoms with Gasteiger partial charge in [0.25, 0.3) is 0 Å². The van der Waals surface area contributed by atoms with Gasteiger partial charge in [-0.3, -0.25) is 0 Å². The van der Waals surface area contributed by atoms with Crippen LogP contribution in [0.5, 0.6) is 0 Å². The van der Waals surface area contributed by atoms with Gasteiger partial charge in [0.15, 0.2) is 0 Å². The number of nitrogens with one attached hydrogen (secondary N) is 1. The molecule has 2 heterocycles. The second kappa shape index (κ2) is 12.3. The van der Waals surface area contributed by atoms with E-state index in [9.17, 15) is 0 Å². The molecule has 9 aromatic rings. The molecule has 1 aromatic heterocycles. The summed E-state index contributed by atoms with van der Waals surface area (Å²) in [5.41, 5.74) is 14.6. The number of rotatable bonds is 6. The summed E-state index contributed by atoms with van der Waals surface area (Å²) in [6, 6.07) is 75.6. The number of nitrogens with zero attached hydrogens (tertiary/aromatic N) is 2. The molecule has 1 saturated heterocycles. The molecule has 0 radical (unpaired) electrons. The third kappa shape index (κ3) is 4.43. The molecule has 1 N–H and O–H groups in total. The molecule has 8 aromatic carbocycles. The smallest absolute Gasteiger partial charge is 0.129 e. The van der Waals surface area contributed by atoms with Gasteiger partial charge in [-0.2, -0.15) is 0 Å². The van der Waals surface area contributed by atoms with Gasteiger partial charge in [-0.25, -0.2) is 0 Å². The first-order valence-electron chi connectivity index (χ1n) is 18.9. The Balaban J connectivity index is 1.16. The van der Waals surface area contributed by atoms with Gasteiger partial charge in [-0.15, -0.1) is 0 Å². The van der Waals surface area contributed by atoms with Crippen molar-refractivity contribution in [1.29, 1.82) is 0 Å². The van der Waals surface area contributed by atoms with E-state index in [1.807, 2.05) is 0 Å². The molecule has 0 saturated carbocycles. The molecular weight excluding hydrogens is 655 g/mol. The highest BCUT2D eigenvalue weighted by Crippen LogP contribution is 2.59. The van der Waals surface area contributed by atoms with Crippen LogP contribution in [0, 0.1) is 0 Å². The van der Waals surface area contributed by atoms with Crippen LogP contribution < -0.4 is 4.90 Å². The van der Waals surface area contributed by atoms with Crippen LogP contribution in [0.25, 0.3) is 43.9 Å². The average Bonchev–Trinajstić information content (AvgIpc) is 3.73. The van der Waals surface area contributed by atoms with Crippen molar-refractivity contribution in [3.05, 3.63) is 245 Å². The Morgan fingerprint density at radius 3 is 1.61 bits per heavy atom. The molecule has 2 unspecified atom stereocenters. The second-order valence-electron chi connectivity index (χ2n) is 14.5. The highest BCUT2D eigenvalue weighted by molar-refractivity contribution is 6.13. The van der Waals surface area contributed by atoms with Crippen molar-refractivity contribution < 1.29 is 4.90 Å². The molecule has 0 amide bonds. The quantitative estimate of drug-likeness (QED) is 0.179. The fraction of sp³-hybridized carbons (Fsp3) is 0.0588. The van der Waals surface area contributed by atoms with Crippen molar-refractivity contribution >= 4 is 27.5 Å². The fourth-order valence-corrected chi connectivity index (χ4v) is 9.55. The summed E-state index contributed by atoms with van der Waals surface area (Å²) in [6.45, 7) is 0. The van der Waals surface area contributed by atoms with Crippen molar-refractivity contribution in [3.63, 3.8) is 0 Å². The van der Waals surface area contributed by atoms with E-state index < -0.39 is 5.41 Å². The largest absolute Gasteiger partial charge is 0.548 e. The molecule has 3 heteroatoms. The predicted octanol–water partition coefficient (Wildman–Crippen LogP) is 11.4. The minimum atomic E-state index is -0.519. The van der Waals surface area contributed by atoms with E-state index in [0.29, 0.717) is 0 Å². The van der Waals surface area contributed by atoms with Crippen molar-refractivity contribution in [1.82, 2.24) is 4.57 Å². The molecule has 54 heavy (non-hydrogen) atoms. The lowest BCUT2D eigenvalue weighted by Crippen LogP contribution is -3.13. The maximum Gasteiger partial charge on any atom is 0.129 e. The summed E-state index contributed by atoms with van der Waals surface area (Å²) in [7, 11) is 0. The van der Waals surface area contributed by atoms with Crippen molar-refractivity contribution in [2.24, 2.45) is 0 Å². The van der Waals surface area contributed by atoms with Crippen molar-refractivity contribution in [2.75, 3.05) is 0 Å². The molecule has 0 spiro atoms. The molecule has 1 fully saturated rings. The van der Waals surface area contributed by atoms with E-state index >= 15 is 0 Å². The van der Waals surface area contributed by atoms with Crippen LogP contribution in [-0.2, 0) is 5.41 Å². The zero-order valence-electron chi connectivity index (χ0n) is 29.7. The Morgan fingerprint density at radius 1 is 0.444 bits per heavy atom. The molecule has 0 bridgehead atoms. The molecule has 1 aliphatic heterocycles. The Labute approximate surface area is 315 Å². The van der Waals surface area contributed by atoms with Crippen molar-refractivity contribution in [2.45, 2.75) is 17.7 Å². The van der Waals surface area contributed by atoms with E-state index in [-0.39, 0.29) is 12.3 Å². The van der Waals surface area contributed by atoms with E-state index in [0.717, 1.165) is 5.69 Å². The lowest BCUT2D eigenvalue weighted by Gasteiger charge is -2.58. The number of benzene rings is 8. The first-order chi connectivity index (χ1) is 26.8. The van der Waals surface area contributed by atoms with Gasteiger partial charge in [0.05, 0.1) is 16.4 Å². The molecule has 256 valence electrons. The molecule has 2 atom stereocenters. The molecule has 2 aliphatic rings. The van der Waals surface area contributed by atoms with E-state index in [4.69, 9.17) is 5.32 Å². The monoisotopic (exact) mass is 691 g/mol. The standard InChI is InChI=1S/C51H36N3/c1-5-17-35(18-6-1)49-52-50(36-19-7-2-8-20-36)54(49)40-31-29-39(30-32-40)53-46-28-16-14-26-42(46)44-34-33-43-41-25-13-15-27-45(41)51(47(43)48(44)53,37-21-9-3-10-22-37)38-23-11-4-12-24-38/h1-34,49-50H/q-1/p+1. The van der Waals surface area contributed by atoms with Crippen LogP contribution in [0.2, 0.25) is 0 Å². The molecular formula is C51H37N3. The van der Waals surface area contributed by atoms with E-state index in [1.165, 1.54) is 76.9 Å². The summed E-state index contributed by atoms with van der Waals surface area (Å²) in [6.07, 6.45) is 0.0734. The van der Waals surface area contributed by atoms with Gasteiger partial charge < -0.3 is 14.8 Å². The van der Waals surface area contributed by atoms with Gasteiger partial charge in [0, 0.05) is 46.5 Å². The molecule has 1 aliphatic carbocycles. The Hall–Kier alpha value is -6.52. The van der Waals surface area contributed by atoms with Gasteiger partial charge >= 0.3 is 0 Å². The minimum Gasteiger partial charge on any atom is -0.548 e. The summed E-state index contributed by atoms with van der Waals surface area (Å²) in [5.74, 6) is 0. The number of aromatic nitrogens is 1. The number of hydrogen-bond acceptors (Lipinski definition) is 0. The number of hydrogen-bond donors (Lipinski definition) is 1. The number of fused-ring (bicyclic) bond motifs is 7. The SMILES string of the molecule is c1ccc(C2[N-]C(c3ccccc3)[NH+]2c2ccc(-n3c4ccccc4c4ccc5c(c43)C(c3ccccc3)(c3ccccc3)c3ccccc3-5)cc2)cc1. The predicted molar refractivity (Wildman–Crippen MR) is 220 cm³/mol. The zero-order valence-corrected chi connectivity index (χ0v) is 29.7. The van der Waals surface area contributed by atoms with Crippen LogP contribution >= 0.6 is 0 Å². The topological polar surface area (TPSA) is 23.5 Å². The highest BCUT2D eigenvalue weighted by Gasteiger charge is 2.48. The number of para-hydroxylation sites is 1. The number of quaternary nitrogens is 1. The third-order valence-electron chi connectivity index (χ3n) is 11.8. The van der Waals surface area contributed by atoms with Crippen LogP contribution in [0.15, 0.2) is 206 Å². The summed E-state index contributed by atoms with van der Waals surface area (Å²) in [5, 5.41) is 7.78. The zero-order chi connectivity index (χ0) is 35.6. The van der Waals surface area contributed by atoms with E-state index in [1.54, 1.807) is 0 Å². The summed E-state index contributed by atoms with van der Waals surface area (Å²) in [4.78, 5) is 1.35.